The second kappa shape index (κ2) is 12.0. The van der Waals surface area contributed by atoms with E-state index in [4.69, 9.17) is 4.74 Å². The molecule has 0 spiro atoms. The van der Waals surface area contributed by atoms with E-state index in [-0.39, 0.29) is 30.1 Å². The standard InChI is InChI=1S/C22H37N5OS.HI/c1-17-7-10-26(11-8-17)20(21-6-4-12-29-21)14-25-22(23-2)24-13-19-15-27-9-3-5-18(27)16-28-19;/h4,6,12,17-20H,3,5,7-11,13-16H2,1-2H3,(H2,23,24,25);1H. The van der Waals surface area contributed by atoms with Gasteiger partial charge in [0.05, 0.1) is 18.8 Å². The fourth-order valence-corrected chi connectivity index (χ4v) is 5.73. The number of rotatable bonds is 6. The lowest BCUT2D eigenvalue weighted by Gasteiger charge is -2.37. The summed E-state index contributed by atoms with van der Waals surface area (Å²) in [6.45, 7) is 9.59. The first-order chi connectivity index (χ1) is 14.2. The van der Waals surface area contributed by atoms with Gasteiger partial charge in [0.25, 0.3) is 0 Å². The largest absolute Gasteiger partial charge is 0.373 e. The topological polar surface area (TPSA) is 52.1 Å². The van der Waals surface area contributed by atoms with E-state index in [9.17, 15) is 0 Å². The average Bonchev–Trinajstić information content (AvgIpc) is 3.43. The molecule has 3 unspecified atom stereocenters. The second-order valence-corrected chi connectivity index (χ2v) is 9.81. The van der Waals surface area contributed by atoms with Crippen LogP contribution in [0.15, 0.2) is 22.5 Å². The molecule has 1 aromatic rings. The molecule has 0 bridgehead atoms. The Kier molecular flexibility index (Phi) is 9.68. The van der Waals surface area contributed by atoms with E-state index in [2.05, 4.69) is 49.9 Å². The number of likely N-dealkylation sites (tertiary alicyclic amines) is 1. The number of fused-ring (bicyclic) bond motifs is 1. The smallest absolute Gasteiger partial charge is 0.191 e. The summed E-state index contributed by atoms with van der Waals surface area (Å²) in [5.41, 5.74) is 0. The van der Waals surface area contributed by atoms with Gasteiger partial charge in [0, 0.05) is 37.6 Å². The van der Waals surface area contributed by atoms with Gasteiger partial charge in [-0.05, 0) is 62.7 Å². The van der Waals surface area contributed by atoms with Crippen LogP contribution in [0.3, 0.4) is 0 Å². The van der Waals surface area contributed by atoms with Crippen molar-refractivity contribution in [2.24, 2.45) is 10.9 Å². The van der Waals surface area contributed by atoms with Gasteiger partial charge >= 0.3 is 0 Å². The Morgan fingerprint density at radius 2 is 2.10 bits per heavy atom. The lowest BCUT2D eigenvalue weighted by molar-refractivity contribution is -0.0453. The molecule has 0 saturated carbocycles. The summed E-state index contributed by atoms with van der Waals surface area (Å²) in [7, 11) is 1.86. The number of guanidine groups is 1. The molecule has 3 aliphatic rings. The van der Waals surface area contributed by atoms with Gasteiger partial charge in [-0.15, -0.1) is 35.3 Å². The number of thiophene rings is 1. The predicted octanol–water partition coefficient (Wildman–Crippen LogP) is 3.17. The van der Waals surface area contributed by atoms with Crippen molar-refractivity contribution < 1.29 is 4.74 Å². The zero-order valence-electron chi connectivity index (χ0n) is 18.4. The summed E-state index contributed by atoms with van der Waals surface area (Å²) >= 11 is 1.86. The van der Waals surface area contributed by atoms with Crippen molar-refractivity contribution in [3.8, 4) is 0 Å². The monoisotopic (exact) mass is 547 g/mol. The highest BCUT2D eigenvalue weighted by atomic mass is 127. The van der Waals surface area contributed by atoms with Crippen LogP contribution < -0.4 is 10.6 Å². The van der Waals surface area contributed by atoms with Crippen molar-refractivity contribution in [1.82, 2.24) is 20.4 Å². The molecule has 0 aromatic carbocycles. The highest BCUT2D eigenvalue weighted by Crippen LogP contribution is 2.29. The molecule has 4 heterocycles. The second-order valence-electron chi connectivity index (χ2n) is 8.83. The van der Waals surface area contributed by atoms with E-state index in [1.54, 1.807) is 0 Å². The molecular formula is C22H38IN5OS. The minimum Gasteiger partial charge on any atom is -0.373 e. The molecule has 0 amide bonds. The van der Waals surface area contributed by atoms with Gasteiger partial charge < -0.3 is 15.4 Å². The Morgan fingerprint density at radius 1 is 1.27 bits per heavy atom. The maximum Gasteiger partial charge on any atom is 0.191 e. The Balaban J connectivity index is 0.00000256. The first-order valence-electron chi connectivity index (χ1n) is 11.3. The minimum atomic E-state index is 0. The average molecular weight is 548 g/mol. The third-order valence-corrected chi connectivity index (χ3v) is 7.75. The number of hydrogen-bond acceptors (Lipinski definition) is 5. The van der Waals surface area contributed by atoms with E-state index >= 15 is 0 Å². The fraction of sp³-hybridized carbons (Fsp3) is 0.773. The Morgan fingerprint density at radius 3 is 2.83 bits per heavy atom. The van der Waals surface area contributed by atoms with Crippen LogP contribution in [-0.2, 0) is 4.74 Å². The van der Waals surface area contributed by atoms with Crippen molar-refractivity contribution >= 4 is 41.3 Å². The maximum atomic E-state index is 6.08. The molecule has 3 fully saturated rings. The van der Waals surface area contributed by atoms with Gasteiger partial charge in [0.2, 0.25) is 0 Å². The normalized spacial score (nSPS) is 27.3. The molecule has 3 saturated heterocycles. The Bertz CT molecular complexity index is 650. The van der Waals surface area contributed by atoms with Crippen LogP contribution >= 0.6 is 35.3 Å². The predicted molar refractivity (Wildman–Crippen MR) is 136 cm³/mol. The number of hydrogen-bond donors (Lipinski definition) is 2. The number of ether oxygens (including phenoxy) is 1. The van der Waals surface area contributed by atoms with E-state index in [0.29, 0.717) is 12.1 Å². The first-order valence-corrected chi connectivity index (χ1v) is 12.2. The number of piperidine rings is 1. The number of aliphatic imine (C=N–C) groups is 1. The molecule has 1 aromatic heterocycles. The lowest BCUT2D eigenvalue weighted by atomic mass is 9.97. The minimum absolute atomic E-state index is 0. The molecule has 2 N–H and O–H groups in total. The SMILES string of the molecule is CN=C(NCC1CN2CCCC2CO1)NCC(c1cccs1)N1CCC(C)CC1.I. The Labute approximate surface area is 202 Å². The summed E-state index contributed by atoms with van der Waals surface area (Å²) in [6, 6.07) is 5.51. The summed E-state index contributed by atoms with van der Waals surface area (Å²) in [5.74, 6) is 1.73. The van der Waals surface area contributed by atoms with E-state index < -0.39 is 0 Å². The zero-order chi connectivity index (χ0) is 20.1. The van der Waals surface area contributed by atoms with Gasteiger partial charge in [-0.25, -0.2) is 0 Å². The summed E-state index contributed by atoms with van der Waals surface area (Å²) < 4.78 is 6.08. The number of nitrogens with zero attached hydrogens (tertiary/aromatic N) is 3. The third kappa shape index (κ3) is 6.31. The number of nitrogens with one attached hydrogen (secondary N) is 2. The maximum absolute atomic E-state index is 6.08. The van der Waals surface area contributed by atoms with Gasteiger partial charge in [-0.1, -0.05) is 13.0 Å². The van der Waals surface area contributed by atoms with Crippen LogP contribution in [0.25, 0.3) is 0 Å². The molecule has 170 valence electrons. The van der Waals surface area contributed by atoms with Gasteiger partial charge in [0.1, 0.15) is 0 Å². The molecule has 8 heteroatoms. The molecule has 3 aliphatic heterocycles. The van der Waals surface area contributed by atoms with Crippen LogP contribution in [0, 0.1) is 5.92 Å². The van der Waals surface area contributed by atoms with Crippen molar-refractivity contribution in [1.29, 1.82) is 0 Å². The van der Waals surface area contributed by atoms with Crippen LogP contribution in [0.2, 0.25) is 0 Å². The van der Waals surface area contributed by atoms with Gasteiger partial charge in [-0.2, -0.15) is 0 Å². The molecule has 6 nitrogen and oxygen atoms in total. The van der Waals surface area contributed by atoms with Crippen LogP contribution in [0.4, 0.5) is 0 Å². The number of halogens is 1. The molecule has 0 aliphatic carbocycles. The summed E-state index contributed by atoms with van der Waals surface area (Å²) in [5, 5.41) is 9.28. The third-order valence-electron chi connectivity index (χ3n) is 6.78. The molecule has 3 atom stereocenters. The van der Waals surface area contributed by atoms with Crippen molar-refractivity contribution in [3.05, 3.63) is 22.4 Å². The van der Waals surface area contributed by atoms with Crippen LogP contribution in [0.5, 0.6) is 0 Å². The first kappa shape index (κ1) is 24.2. The fourth-order valence-electron chi connectivity index (χ4n) is 4.86. The highest BCUT2D eigenvalue weighted by molar-refractivity contribution is 14.0. The molecule has 0 radical (unpaired) electrons. The van der Waals surface area contributed by atoms with Crippen molar-refractivity contribution in [2.75, 3.05) is 52.9 Å². The summed E-state index contributed by atoms with van der Waals surface area (Å²) in [6.07, 6.45) is 5.45. The molecular weight excluding hydrogens is 509 g/mol. The Hall–Kier alpha value is -0.420. The summed E-state index contributed by atoms with van der Waals surface area (Å²) in [4.78, 5) is 11.1. The molecule has 30 heavy (non-hydrogen) atoms. The van der Waals surface area contributed by atoms with Crippen molar-refractivity contribution in [2.45, 2.75) is 50.8 Å². The lowest BCUT2D eigenvalue weighted by Crippen LogP contribution is -2.52. The van der Waals surface area contributed by atoms with Gasteiger partial charge in [-0.3, -0.25) is 14.8 Å². The molecule has 4 rings (SSSR count). The zero-order valence-corrected chi connectivity index (χ0v) is 21.5. The van der Waals surface area contributed by atoms with Crippen LogP contribution in [-0.4, -0.2) is 80.8 Å². The van der Waals surface area contributed by atoms with Gasteiger partial charge in [0.15, 0.2) is 5.96 Å². The number of morpholine rings is 1. The van der Waals surface area contributed by atoms with Crippen molar-refractivity contribution in [3.63, 3.8) is 0 Å². The van der Waals surface area contributed by atoms with E-state index in [0.717, 1.165) is 38.1 Å². The van der Waals surface area contributed by atoms with Crippen LogP contribution in [0.1, 0.15) is 43.5 Å². The van der Waals surface area contributed by atoms with E-state index in [1.165, 1.54) is 50.2 Å². The van der Waals surface area contributed by atoms with E-state index in [1.807, 2.05) is 18.4 Å². The quantitative estimate of drug-likeness (QED) is 0.326. The highest BCUT2D eigenvalue weighted by Gasteiger charge is 2.32.